The molecule has 0 aromatic heterocycles. The molecule has 0 radical (unpaired) electrons. The summed E-state index contributed by atoms with van der Waals surface area (Å²) in [6, 6.07) is 0. The van der Waals surface area contributed by atoms with Gasteiger partial charge in [-0.05, 0) is 13.5 Å². The average molecular weight is 302 g/mol. The highest BCUT2D eigenvalue weighted by Crippen LogP contribution is 2.01. The van der Waals surface area contributed by atoms with Crippen LogP contribution in [0, 0.1) is 0 Å². The van der Waals surface area contributed by atoms with Crippen LogP contribution >= 0.6 is 0 Å². The van der Waals surface area contributed by atoms with E-state index in [0.717, 1.165) is 51.8 Å². The van der Waals surface area contributed by atoms with Crippen LogP contribution in [0.2, 0.25) is 0 Å². The van der Waals surface area contributed by atoms with Crippen LogP contribution in [0.3, 0.4) is 0 Å². The van der Waals surface area contributed by atoms with Crippen molar-refractivity contribution >= 4 is 5.96 Å². The molecule has 1 heterocycles. The van der Waals surface area contributed by atoms with E-state index in [1.165, 1.54) is 0 Å². The van der Waals surface area contributed by atoms with E-state index >= 15 is 0 Å². The fourth-order valence-corrected chi connectivity index (χ4v) is 2.05. The number of nitrogens with one attached hydrogen (secondary N) is 2. The first-order valence-corrected chi connectivity index (χ1v) is 7.57. The molecule has 7 nitrogen and oxygen atoms in total. The lowest BCUT2D eigenvalue weighted by Crippen LogP contribution is -2.48. The maximum atomic E-state index is 5.71. The number of likely N-dealkylation sites (N-methyl/N-ethyl adjacent to an activating group) is 1. The number of guanidine groups is 1. The molecule has 0 spiro atoms. The number of ether oxygens (including phenoxy) is 3. The number of hydrogen-bond acceptors (Lipinski definition) is 5. The van der Waals surface area contributed by atoms with Gasteiger partial charge in [-0.2, -0.15) is 0 Å². The lowest BCUT2D eigenvalue weighted by Gasteiger charge is -2.30. The third-order valence-electron chi connectivity index (χ3n) is 3.25. The van der Waals surface area contributed by atoms with E-state index in [1.807, 2.05) is 0 Å². The lowest BCUT2D eigenvalue weighted by molar-refractivity contribution is -0.0161. The molecule has 0 aromatic carbocycles. The van der Waals surface area contributed by atoms with Gasteiger partial charge in [-0.25, -0.2) is 0 Å². The van der Waals surface area contributed by atoms with E-state index < -0.39 is 0 Å². The lowest BCUT2D eigenvalue weighted by atomic mass is 10.3. The number of morpholine rings is 1. The highest BCUT2D eigenvalue weighted by atomic mass is 16.5. The van der Waals surface area contributed by atoms with Crippen molar-refractivity contribution < 1.29 is 14.2 Å². The van der Waals surface area contributed by atoms with Gasteiger partial charge in [0.15, 0.2) is 5.96 Å². The Morgan fingerprint density at radius 3 is 2.90 bits per heavy atom. The summed E-state index contributed by atoms with van der Waals surface area (Å²) in [4.78, 5) is 6.48. The zero-order valence-corrected chi connectivity index (χ0v) is 13.6. The molecule has 0 saturated carbocycles. The van der Waals surface area contributed by atoms with Crippen molar-refractivity contribution in [1.29, 1.82) is 0 Å². The maximum absolute atomic E-state index is 5.71. The molecule has 0 bridgehead atoms. The zero-order chi connectivity index (χ0) is 15.3. The molecule has 0 amide bonds. The second-order valence-corrected chi connectivity index (χ2v) is 5.09. The molecule has 1 aliphatic rings. The second kappa shape index (κ2) is 11.7. The third-order valence-corrected chi connectivity index (χ3v) is 3.25. The van der Waals surface area contributed by atoms with Gasteiger partial charge >= 0.3 is 0 Å². The van der Waals surface area contributed by atoms with Gasteiger partial charge < -0.3 is 29.7 Å². The quantitative estimate of drug-likeness (QED) is 0.341. The molecule has 0 aromatic rings. The van der Waals surface area contributed by atoms with Crippen LogP contribution in [0.5, 0.6) is 0 Å². The molecule has 1 atom stereocenters. The fourth-order valence-electron chi connectivity index (χ4n) is 2.05. The Hall–Kier alpha value is -0.890. The van der Waals surface area contributed by atoms with E-state index in [4.69, 9.17) is 14.2 Å². The Labute approximate surface area is 128 Å². The summed E-state index contributed by atoms with van der Waals surface area (Å²) in [6.45, 7) is 6.39. The summed E-state index contributed by atoms with van der Waals surface area (Å²) >= 11 is 0. The molecule has 1 saturated heterocycles. The fraction of sp³-hybridized carbons (Fsp3) is 0.929. The Morgan fingerprint density at radius 1 is 1.33 bits per heavy atom. The topological polar surface area (TPSA) is 67.4 Å². The first kappa shape index (κ1) is 18.2. The minimum atomic E-state index is 0.222. The van der Waals surface area contributed by atoms with Crippen LogP contribution in [0.1, 0.15) is 6.42 Å². The number of hydrogen-bond donors (Lipinski definition) is 2. The molecule has 1 rings (SSSR count). The van der Waals surface area contributed by atoms with Crippen molar-refractivity contribution in [2.24, 2.45) is 4.99 Å². The van der Waals surface area contributed by atoms with Crippen LogP contribution in [-0.2, 0) is 14.2 Å². The SMILES string of the molecule is CN=C(NCCCOCCOC)NCC1CN(C)CCO1. The maximum Gasteiger partial charge on any atom is 0.191 e. The summed E-state index contributed by atoms with van der Waals surface area (Å²) in [5, 5.41) is 6.57. The van der Waals surface area contributed by atoms with Gasteiger partial charge in [0, 0.05) is 46.9 Å². The Bertz CT molecular complexity index is 289. The molecular weight excluding hydrogens is 272 g/mol. The average Bonchev–Trinajstić information content (AvgIpc) is 2.49. The number of methoxy groups -OCH3 is 1. The standard InChI is InChI=1S/C14H30N4O3/c1-15-14(16-5-4-7-20-10-9-19-3)17-11-13-12-18(2)6-8-21-13/h13H,4-12H2,1-3H3,(H2,15,16,17). The van der Waals surface area contributed by atoms with Crippen LogP contribution in [0.15, 0.2) is 4.99 Å². The molecule has 2 N–H and O–H groups in total. The smallest absolute Gasteiger partial charge is 0.191 e. The summed E-state index contributed by atoms with van der Waals surface area (Å²) in [6.07, 6.45) is 1.16. The molecule has 1 unspecified atom stereocenters. The van der Waals surface area contributed by atoms with Crippen LogP contribution in [-0.4, -0.2) is 90.8 Å². The van der Waals surface area contributed by atoms with E-state index in [0.29, 0.717) is 13.2 Å². The van der Waals surface area contributed by atoms with Gasteiger partial charge in [-0.1, -0.05) is 0 Å². The summed E-state index contributed by atoms with van der Waals surface area (Å²) < 4.78 is 16.0. The third kappa shape index (κ3) is 8.87. The molecular formula is C14H30N4O3. The van der Waals surface area contributed by atoms with Crippen molar-refractivity contribution in [1.82, 2.24) is 15.5 Å². The normalized spacial score (nSPS) is 20.5. The van der Waals surface area contributed by atoms with Gasteiger partial charge in [0.1, 0.15) is 0 Å². The molecule has 124 valence electrons. The number of aliphatic imine (C=N–C) groups is 1. The summed E-state index contributed by atoms with van der Waals surface area (Å²) in [7, 11) is 5.57. The van der Waals surface area contributed by atoms with Gasteiger partial charge in [-0.15, -0.1) is 0 Å². The largest absolute Gasteiger partial charge is 0.382 e. The van der Waals surface area contributed by atoms with Crippen molar-refractivity contribution in [2.75, 3.05) is 73.8 Å². The minimum absolute atomic E-state index is 0.222. The molecule has 7 heteroatoms. The Balaban J connectivity index is 2.03. The predicted octanol–water partition coefficient (Wildman–Crippen LogP) is -0.465. The number of nitrogens with zero attached hydrogens (tertiary/aromatic N) is 2. The molecule has 21 heavy (non-hydrogen) atoms. The highest BCUT2D eigenvalue weighted by molar-refractivity contribution is 5.79. The predicted molar refractivity (Wildman–Crippen MR) is 83.9 cm³/mol. The van der Waals surface area contributed by atoms with E-state index in [1.54, 1.807) is 14.2 Å². The second-order valence-electron chi connectivity index (χ2n) is 5.09. The van der Waals surface area contributed by atoms with Crippen molar-refractivity contribution in [3.8, 4) is 0 Å². The first-order valence-electron chi connectivity index (χ1n) is 7.57. The zero-order valence-electron chi connectivity index (χ0n) is 13.6. The van der Waals surface area contributed by atoms with Crippen LogP contribution in [0.4, 0.5) is 0 Å². The van der Waals surface area contributed by atoms with Gasteiger partial charge in [0.05, 0.1) is 25.9 Å². The van der Waals surface area contributed by atoms with Gasteiger partial charge in [-0.3, -0.25) is 4.99 Å². The molecule has 1 fully saturated rings. The van der Waals surface area contributed by atoms with Crippen molar-refractivity contribution in [3.63, 3.8) is 0 Å². The molecule has 0 aliphatic carbocycles. The summed E-state index contributed by atoms with van der Waals surface area (Å²) in [5.74, 6) is 0.809. The summed E-state index contributed by atoms with van der Waals surface area (Å²) in [5.41, 5.74) is 0. The highest BCUT2D eigenvalue weighted by Gasteiger charge is 2.17. The van der Waals surface area contributed by atoms with E-state index in [9.17, 15) is 0 Å². The van der Waals surface area contributed by atoms with Crippen molar-refractivity contribution in [2.45, 2.75) is 12.5 Å². The Morgan fingerprint density at radius 2 is 2.19 bits per heavy atom. The Kier molecular flexibility index (Phi) is 10.1. The first-order chi connectivity index (χ1) is 10.3. The van der Waals surface area contributed by atoms with Gasteiger partial charge in [0.2, 0.25) is 0 Å². The van der Waals surface area contributed by atoms with Crippen molar-refractivity contribution in [3.05, 3.63) is 0 Å². The number of rotatable bonds is 9. The van der Waals surface area contributed by atoms with E-state index in [-0.39, 0.29) is 6.10 Å². The van der Waals surface area contributed by atoms with Crippen LogP contribution < -0.4 is 10.6 Å². The molecule has 1 aliphatic heterocycles. The van der Waals surface area contributed by atoms with E-state index in [2.05, 4.69) is 27.6 Å². The van der Waals surface area contributed by atoms with Crippen LogP contribution in [0.25, 0.3) is 0 Å². The van der Waals surface area contributed by atoms with Gasteiger partial charge in [0.25, 0.3) is 0 Å². The monoisotopic (exact) mass is 302 g/mol. The minimum Gasteiger partial charge on any atom is -0.382 e.